The molecule has 1 aliphatic rings. The van der Waals surface area contributed by atoms with E-state index in [0.29, 0.717) is 18.0 Å². The first kappa shape index (κ1) is 16.5. The third kappa shape index (κ3) is 4.07. The Morgan fingerprint density at radius 2 is 2.05 bits per heavy atom. The Morgan fingerprint density at radius 3 is 2.52 bits per heavy atom. The molecule has 2 N–H and O–H groups in total. The predicted octanol–water partition coefficient (Wildman–Crippen LogP) is 3.10. The van der Waals surface area contributed by atoms with Crippen molar-refractivity contribution in [3.63, 3.8) is 0 Å². The van der Waals surface area contributed by atoms with Crippen LogP contribution in [0.25, 0.3) is 0 Å². The van der Waals surface area contributed by atoms with E-state index in [1.165, 1.54) is 31.2 Å². The minimum atomic E-state index is 0.175. The molecule has 2 atom stereocenters. The second-order valence-electron chi connectivity index (χ2n) is 6.99. The lowest BCUT2D eigenvalue weighted by Gasteiger charge is -2.40. The van der Waals surface area contributed by atoms with Crippen LogP contribution in [0.2, 0.25) is 0 Å². The van der Waals surface area contributed by atoms with Crippen LogP contribution in [0.5, 0.6) is 0 Å². The van der Waals surface area contributed by atoms with Gasteiger partial charge >= 0.3 is 0 Å². The molecule has 0 radical (unpaired) electrons. The Morgan fingerprint density at radius 1 is 1.38 bits per heavy atom. The van der Waals surface area contributed by atoms with E-state index in [4.69, 9.17) is 5.73 Å². The van der Waals surface area contributed by atoms with Gasteiger partial charge in [-0.1, -0.05) is 33.6 Å². The van der Waals surface area contributed by atoms with Crippen LogP contribution in [0.1, 0.15) is 64.5 Å². The molecule has 0 spiro atoms. The van der Waals surface area contributed by atoms with Crippen LogP contribution in [0.15, 0.2) is 12.4 Å². The highest BCUT2D eigenvalue weighted by molar-refractivity contribution is 5.14. The maximum Gasteiger partial charge on any atom is 0.0538 e. The molecule has 21 heavy (non-hydrogen) atoms. The highest BCUT2D eigenvalue weighted by Gasteiger charge is 2.33. The SMILES string of the molecule is CCC(N)C(c1cnn(C)c1)N(CC(C)C)C1CCCC1. The molecule has 0 amide bonds. The fourth-order valence-corrected chi connectivity index (χ4v) is 3.65. The fourth-order valence-electron chi connectivity index (χ4n) is 3.65. The summed E-state index contributed by atoms with van der Waals surface area (Å²) in [5.74, 6) is 0.661. The zero-order valence-corrected chi connectivity index (χ0v) is 14.1. The summed E-state index contributed by atoms with van der Waals surface area (Å²) in [6.45, 7) is 7.92. The Hall–Kier alpha value is -0.870. The van der Waals surface area contributed by atoms with E-state index in [0.717, 1.165) is 13.0 Å². The first-order chi connectivity index (χ1) is 10.0. The van der Waals surface area contributed by atoms with Crippen LogP contribution in [0.3, 0.4) is 0 Å². The van der Waals surface area contributed by atoms with Crippen molar-refractivity contribution in [2.75, 3.05) is 6.54 Å². The lowest BCUT2D eigenvalue weighted by molar-refractivity contribution is 0.0989. The van der Waals surface area contributed by atoms with Gasteiger partial charge in [0.05, 0.1) is 12.2 Å². The first-order valence-electron chi connectivity index (χ1n) is 8.52. The highest BCUT2D eigenvalue weighted by Crippen LogP contribution is 2.34. The summed E-state index contributed by atoms with van der Waals surface area (Å²) < 4.78 is 1.90. The molecular formula is C17H32N4. The van der Waals surface area contributed by atoms with Gasteiger partial charge in [-0.05, 0) is 25.2 Å². The maximum atomic E-state index is 6.52. The van der Waals surface area contributed by atoms with Crippen molar-refractivity contribution in [1.29, 1.82) is 0 Å². The van der Waals surface area contributed by atoms with E-state index in [9.17, 15) is 0 Å². The summed E-state index contributed by atoms with van der Waals surface area (Å²) in [6, 6.07) is 1.16. The van der Waals surface area contributed by atoms with Gasteiger partial charge in [0, 0.05) is 37.4 Å². The molecule has 2 unspecified atom stereocenters. The van der Waals surface area contributed by atoms with Crippen molar-refractivity contribution in [3.05, 3.63) is 18.0 Å². The zero-order valence-electron chi connectivity index (χ0n) is 14.1. The third-order valence-corrected chi connectivity index (χ3v) is 4.67. The molecule has 1 aromatic rings. The van der Waals surface area contributed by atoms with Crippen LogP contribution < -0.4 is 5.73 Å². The normalized spacial score (nSPS) is 19.6. The average Bonchev–Trinajstić information content (AvgIpc) is 3.09. The van der Waals surface area contributed by atoms with Gasteiger partial charge in [-0.3, -0.25) is 9.58 Å². The number of nitrogens with two attached hydrogens (primary N) is 1. The summed E-state index contributed by atoms with van der Waals surface area (Å²) >= 11 is 0. The summed E-state index contributed by atoms with van der Waals surface area (Å²) in [5.41, 5.74) is 7.80. The number of nitrogens with zero attached hydrogens (tertiary/aromatic N) is 3. The van der Waals surface area contributed by atoms with E-state index in [1.54, 1.807) is 0 Å². The van der Waals surface area contributed by atoms with Crippen molar-refractivity contribution in [1.82, 2.24) is 14.7 Å². The molecule has 2 rings (SSSR count). The maximum absolute atomic E-state index is 6.52. The summed E-state index contributed by atoms with van der Waals surface area (Å²) in [4.78, 5) is 2.68. The van der Waals surface area contributed by atoms with Gasteiger partial charge in [0.25, 0.3) is 0 Å². The average molecular weight is 292 g/mol. The molecule has 1 saturated carbocycles. The van der Waals surface area contributed by atoms with Crippen LogP contribution in [0, 0.1) is 5.92 Å². The molecule has 4 nitrogen and oxygen atoms in total. The van der Waals surface area contributed by atoms with Gasteiger partial charge in [0.2, 0.25) is 0 Å². The van der Waals surface area contributed by atoms with E-state index < -0.39 is 0 Å². The van der Waals surface area contributed by atoms with E-state index in [2.05, 4.69) is 37.0 Å². The molecule has 1 aromatic heterocycles. The Balaban J connectivity index is 2.29. The summed E-state index contributed by atoms with van der Waals surface area (Å²) in [5, 5.41) is 4.38. The topological polar surface area (TPSA) is 47.1 Å². The Kier molecular flexibility index (Phi) is 5.82. The second kappa shape index (κ2) is 7.41. The third-order valence-electron chi connectivity index (χ3n) is 4.67. The van der Waals surface area contributed by atoms with E-state index >= 15 is 0 Å². The quantitative estimate of drug-likeness (QED) is 0.840. The smallest absolute Gasteiger partial charge is 0.0538 e. The molecule has 1 heterocycles. The van der Waals surface area contributed by atoms with Gasteiger partial charge in [0.1, 0.15) is 0 Å². The minimum absolute atomic E-state index is 0.175. The number of rotatable bonds is 7. The number of aryl methyl sites for hydroxylation is 1. The molecule has 0 aromatic carbocycles. The lowest BCUT2D eigenvalue weighted by Crippen LogP contribution is -2.46. The highest BCUT2D eigenvalue weighted by atomic mass is 15.3. The van der Waals surface area contributed by atoms with Gasteiger partial charge in [-0.25, -0.2) is 0 Å². The van der Waals surface area contributed by atoms with Gasteiger partial charge < -0.3 is 5.73 Å². The Bertz CT molecular complexity index is 420. The van der Waals surface area contributed by atoms with Crippen molar-refractivity contribution in [3.8, 4) is 0 Å². The van der Waals surface area contributed by atoms with E-state index in [1.807, 2.05) is 17.9 Å². The van der Waals surface area contributed by atoms with Crippen molar-refractivity contribution in [2.45, 2.75) is 71.0 Å². The molecular weight excluding hydrogens is 260 g/mol. The second-order valence-corrected chi connectivity index (χ2v) is 6.99. The van der Waals surface area contributed by atoms with Crippen LogP contribution in [0.4, 0.5) is 0 Å². The van der Waals surface area contributed by atoms with Crippen LogP contribution >= 0.6 is 0 Å². The predicted molar refractivity (Wildman–Crippen MR) is 88.0 cm³/mol. The molecule has 4 heteroatoms. The molecule has 1 aliphatic carbocycles. The van der Waals surface area contributed by atoms with Gasteiger partial charge in [0.15, 0.2) is 0 Å². The lowest BCUT2D eigenvalue weighted by atomic mass is 9.95. The van der Waals surface area contributed by atoms with E-state index in [-0.39, 0.29) is 6.04 Å². The van der Waals surface area contributed by atoms with Gasteiger partial charge in [-0.2, -0.15) is 5.10 Å². The first-order valence-corrected chi connectivity index (χ1v) is 8.52. The molecule has 0 aliphatic heterocycles. The fraction of sp³-hybridized carbons (Fsp3) is 0.824. The molecule has 1 fully saturated rings. The number of hydrogen-bond acceptors (Lipinski definition) is 3. The van der Waals surface area contributed by atoms with Crippen molar-refractivity contribution >= 4 is 0 Å². The number of hydrogen-bond donors (Lipinski definition) is 1. The van der Waals surface area contributed by atoms with Crippen molar-refractivity contribution < 1.29 is 0 Å². The summed E-state index contributed by atoms with van der Waals surface area (Å²) in [6.07, 6.45) is 10.5. The molecule has 120 valence electrons. The zero-order chi connectivity index (χ0) is 15.4. The molecule has 0 saturated heterocycles. The van der Waals surface area contributed by atoms with Crippen molar-refractivity contribution in [2.24, 2.45) is 18.7 Å². The standard InChI is InChI=1S/C17H32N4/c1-5-16(18)17(14-10-19-20(4)12-14)21(11-13(2)3)15-8-6-7-9-15/h10,12-13,15-17H,5-9,11,18H2,1-4H3. The Labute approximate surface area is 129 Å². The number of aromatic nitrogens is 2. The van der Waals surface area contributed by atoms with Gasteiger partial charge in [-0.15, -0.1) is 0 Å². The van der Waals surface area contributed by atoms with Crippen LogP contribution in [-0.2, 0) is 7.05 Å². The monoisotopic (exact) mass is 292 g/mol. The largest absolute Gasteiger partial charge is 0.326 e. The van der Waals surface area contributed by atoms with Crippen LogP contribution in [-0.4, -0.2) is 33.3 Å². The molecule has 0 bridgehead atoms. The summed E-state index contributed by atoms with van der Waals surface area (Å²) in [7, 11) is 1.99. The minimum Gasteiger partial charge on any atom is -0.326 e.